The molecule has 0 spiro atoms. The predicted molar refractivity (Wildman–Crippen MR) is 94.1 cm³/mol. The Hall–Kier alpha value is -3.06. The van der Waals surface area contributed by atoms with Gasteiger partial charge in [-0.1, -0.05) is 30.3 Å². The number of aromatic amines is 2. The zero-order valence-electron chi connectivity index (χ0n) is 12.4. The molecule has 118 valence electrons. The maximum Gasteiger partial charge on any atom is 0.216 e. The van der Waals surface area contributed by atoms with Crippen LogP contribution in [0.2, 0.25) is 0 Å². The van der Waals surface area contributed by atoms with Gasteiger partial charge in [-0.2, -0.15) is 14.9 Å². The lowest BCUT2D eigenvalue weighted by atomic mass is 10.2. The molecule has 4 aromatic rings. The molecule has 0 amide bonds. The van der Waals surface area contributed by atoms with Crippen LogP contribution in [0, 0.1) is 10.6 Å². The molecule has 2 N–H and O–H groups in total. The van der Waals surface area contributed by atoms with Gasteiger partial charge in [-0.25, -0.2) is 9.49 Å². The molecule has 0 fully saturated rings. The van der Waals surface area contributed by atoms with E-state index < -0.39 is 0 Å². The molecule has 0 radical (unpaired) electrons. The Kier molecular flexibility index (Phi) is 3.55. The maximum absolute atomic E-state index is 14.0. The number of nitrogens with one attached hydrogen (secondary N) is 2. The second-order valence-electron chi connectivity index (χ2n) is 5.18. The van der Waals surface area contributed by atoms with Crippen LogP contribution < -0.4 is 0 Å². The average Bonchev–Trinajstić information content (AvgIpc) is 3.17. The Labute approximate surface area is 141 Å². The van der Waals surface area contributed by atoms with Gasteiger partial charge in [0.15, 0.2) is 5.82 Å². The summed E-state index contributed by atoms with van der Waals surface area (Å²) in [5, 5.41) is 12.2. The second kappa shape index (κ2) is 5.86. The van der Waals surface area contributed by atoms with Crippen molar-refractivity contribution in [1.82, 2.24) is 19.9 Å². The lowest BCUT2D eigenvalue weighted by molar-refractivity contribution is 0.628. The average molecular weight is 337 g/mol. The van der Waals surface area contributed by atoms with E-state index in [4.69, 9.17) is 12.2 Å². The van der Waals surface area contributed by atoms with Crippen molar-refractivity contribution in [2.45, 2.75) is 0 Å². The van der Waals surface area contributed by atoms with Crippen molar-refractivity contribution in [3.8, 4) is 11.4 Å². The largest absolute Gasteiger partial charge is 0.361 e. The molecular formula is C17H12FN5S. The first-order valence-corrected chi connectivity index (χ1v) is 7.67. The minimum Gasteiger partial charge on any atom is -0.361 e. The molecular weight excluding hydrogens is 325 g/mol. The monoisotopic (exact) mass is 337 g/mol. The molecule has 0 saturated heterocycles. The van der Waals surface area contributed by atoms with E-state index in [1.165, 1.54) is 10.7 Å². The zero-order valence-corrected chi connectivity index (χ0v) is 13.2. The molecule has 0 unspecified atom stereocenters. The molecule has 0 bridgehead atoms. The second-order valence-corrected chi connectivity index (χ2v) is 5.56. The van der Waals surface area contributed by atoms with Crippen molar-refractivity contribution in [3.63, 3.8) is 0 Å². The standard InChI is InChI=1S/C17H12FN5S/c18-14-7-3-1-6-13(14)16-21-22-17(24)23(16)20-10-11-9-19-15-8-4-2-5-12(11)15/h1-10,19H,(H,22,24). The van der Waals surface area contributed by atoms with Crippen LogP contribution in [0.4, 0.5) is 4.39 Å². The zero-order chi connectivity index (χ0) is 16.5. The summed E-state index contributed by atoms with van der Waals surface area (Å²) in [5.41, 5.74) is 2.26. The highest BCUT2D eigenvalue weighted by molar-refractivity contribution is 7.71. The predicted octanol–water partition coefficient (Wildman–Crippen LogP) is 4.11. The third kappa shape index (κ3) is 2.44. The number of fused-ring (bicyclic) bond motifs is 1. The van der Waals surface area contributed by atoms with Crippen molar-refractivity contribution >= 4 is 29.3 Å². The van der Waals surface area contributed by atoms with Gasteiger partial charge in [0.1, 0.15) is 5.82 Å². The van der Waals surface area contributed by atoms with E-state index in [1.807, 2.05) is 30.5 Å². The summed E-state index contributed by atoms with van der Waals surface area (Å²) >= 11 is 5.21. The van der Waals surface area contributed by atoms with E-state index >= 15 is 0 Å². The highest BCUT2D eigenvalue weighted by Gasteiger charge is 2.12. The molecule has 5 nitrogen and oxygen atoms in total. The van der Waals surface area contributed by atoms with E-state index in [0.717, 1.165) is 16.5 Å². The van der Waals surface area contributed by atoms with Gasteiger partial charge in [-0.15, -0.1) is 0 Å². The molecule has 2 aromatic carbocycles. The lowest BCUT2D eigenvalue weighted by Gasteiger charge is -2.01. The van der Waals surface area contributed by atoms with Crippen LogP contribution in [0.3, 0.4) is 0 Å². The summed E-state index contributed by atoms with van der Waals surface area (Å²) in [5.74, 6) is -0.0516. The Morgan fingerprint density at radius 1 is 1.12 bits per heavy atom. The van der Waals surface area contributed by atoms with E-state index in [-0.39, 0.29) is 5.82 Å². The number of rotatable bonds is 3. The number of aromatic nitrogens is 4. The molecule has 0 aliphatic carbocycles. The number of benzene rings is 2. The molecule has 4 rings (SSSR count). The topological polar surface area (TPSA) is 61.8 Å². The highest BCUT2D eigenvalue weighted by atomic mass is 32.1. The summed E-state index contributed by atoms with van der Waals surface area (Å²) in [6.45, 7) is 0. The first kappa shape index (κ1) is 14.5. The van der Waals surface area contributed by atoms with Gasteiger partial charge in [0.05, 0.1) is 11.8 Å². The lowest BCUT2D eigenvalue weighted by Crippen LogP contribution is -1.96. The van der Waals surface area contributed by atoms with Crippen LogP contribution >= 0.6 is 12.2 Å². The SMILES string of the molecule is Fc1ccccc1-c1n[nH]c(=S)n1N=Cc1c[nH]c2ccccc12. The van der Waals surface area contributed by atoms with Crippen molar-refractivity contribution in [1.29, 1.82) is 0 Å². The van der Waals surface area contributed by atoms with E-state index in [2.05, 4.69) is 20.3 Å². The fourth-order valence-electron chi connectivity index (χ4n) is 2.54. The summed E-state index contributed by atoms with van der Waals surface area (Å²) in [7, 11) is 0. The molecule has 2 heterocycles. The van der Waals surface area contributed by atoms with Gasteiger partial charge in [0.25, 0.3) is 0 Å². The van der Waals surface area contributed by atoms with Crippen molar-refractivity contribution < 1.29 is 4.39 Å². The summed E-state index contributed by atoms with van der Waals surface area (Å²) in [4.78, 5) is 3.18. The number of H-pyrrole nitrogens is 2. The summed E-state index contributed by atoms with van der Waals surface area (Å²) < 4.78 is 15.7. The molecule has 0 aliphatic rings. The normalized spacial score (nSPS) is 11.5. The Morgan fingerprint density at radius 3 is 2.79 bits per heavy atom. The molecule has 7 heteroatoms. The van der Waals surface area contributed by atoms with Crippen molar-refractivity contribution in [2.24, 2.45) is 5.10 Å². The van der Waals surface area contributed by atoms with Crippen LogP contribution in [0.15, 0.2) is 59.8 Å². The van der Waals surface area contributed by atoms with Crippen LogP contribution in [0.1, 0.15) is 5.56 Å². The molecule has 2 aromatic heterocycles. The third-order valence-electron chi connectivity index (χ3n) is 3.70. The van der Waals surface area contributed by atoms with E-state index in [1.54, 1.807) is 24.4 Å². The van der Waals surface area contributed by atoms with Crippen molar-refractivity contribution in [2.75, 3.05) is 0 Å². The Balaban J connectivity index is 1.80. The van der Waals surface area contributed by atoms with E-state index in [0.29, 0.717) is 16.2 Å². The van der Waals surface area contributed by atoms with Gasteiger partial charge in [0.2, 0.25) is 4.77 Å². The molecule has 0 aliphatic heterocycles. The van der Waals surface area contributed by atoms with Crippen LogP contribution in [0.25, 0.3) is 22.3 Å². The number of para-hydroxylation sites is 1. The highest BCUT2D eigenvalue weighted by Crippen LogP contribution is 2.21. The van der Waals surface area contributed by atoms with Gasteiger partial charge in [-0.05, 0) is 30.4 Å². The van der Waals surface area contributed by atoms with Gasteiger partial charge in [0, 0.05) is 22.7 Å². The molecule has 0 atom stereocenters. The quantitative estimate of drug-likeness (QED) is 0.436. The van der Waals surface area contributed by atoms with Crippen LogP contribution in [-0.2, 0) is 0 Å². The first-order valence-electron chi connectivity index (χ1n) is 7.27. The minimum atomic E-state index is -0.380. The summed E-state index contributed by atoms with van der Waals surface area (Å²) in [6.07, 6.45) is 3.54. The van der Waals surface area contributed by atoms with Gasteiger partial charge < -0.3 is 4.98 Å². The van der Waals surface area contributed by atoms with Crippen molar-refractivity contribution in [3.05, 3.63) is 70.9 Å². The van der Waals surface area contributed by atoms with Gasteiger partial charge >= 0.3 is 0 Å². The third-order valence-corrected chi connectivity index (χ3v) is 3.96. The number of halogens is 1. The number of hydrogen-bond acceptors (Lipinski definition) is 3. The number of hydrogen-bond donors (Lipinski definition) is 2. The summed E-state index contributed by atoms with van der Waals surface area (Å²) in [6, 6.07) is 14.3. The minimum absolute atomic E-state index is 0.296. The Morgan fingerprint density at radius 2 is 1.92 bits per heavy atom. The fourth-order valence-corrected chi connectivity index (χ4v) is 2.72. The van der Waals surface area contributed by atoms with E-state index in [9.17, 15) is 4.39 Å². The Bertz CT molecular complexity index is 1110. The first-order chi connectivity index (χ1) is 11.7. The van der Waals surface area contributed by atoms with Crippen LogP contribution in [-0.4, -0.2) is 26.1 Å². The van der Waals surface area contributed by atoms with Crippen LogP contribution in [0.5, 0.6) is 0 Å². The fraction of sp³-hybridized carbons (Fsp3) is 0. The number of nitrogens with zero attached hydrogens (tertiary/aromatic N) is 3. The molecule has 24 heavy (non-hydrogen) atoms. The smallest absolute Gasteiger partial charge is 0.216 e. The maximum atomic E-state index is 14.0. The van der Waals surface area contributed by atoms with Gasteiger partial charge in [-0.3, -0.25) is 0 Å². The molecule has 0 saturated carbocycles.